The second-order valence-electron chi connectivity index (χ2n) is 2.99. The van der Waals surface area contributed by atoms with Gasteiger partial charge in [0.25, 0.3) is 5.56 Å². The summed E-state index contributed by atoms with van der Waals surface area (Å²) in [5, 5.41) is 1.74. The lowest BCUT2D eigenvalue weighted by Crippen LogP contribution is -2.05. The molecule has 0 radical (unpaired) electrons. The molecule has 0 amide bonds. The van der Waals surface area contributed by atoms with Gasteiger partial charge in [0.1, 0.15) is 0 Å². The Morgan fingerprint density at radius 1 is 1.20 bits per heavy atom. The lowest BCUT2D eigenvalue weighted by molar-refractivity contribution is 1.24. The molecule has 0 aliphatic carbocycles. The first-order valence-corrected chi connectivity index (χ1v) is 5.75. The summed E-state index contributed by atoms with van der Waals surface area (Å²) in [5.41, 5.74) is 1.05. The zero-order valence-electron chi connectivity index (χ0n) is 9.10. The first kappa shape index (κ1) is 12.0. The second-order valence-corrected chi connectivity index (χ2v) is 3.91. The van der Waals surface area contributed by atoms with E-state index in [-0.39, 0.29) is 5.56 Å². The van der Waals surface area contributed by atoms with Gasteiger partial charge in [0.15, 0.2) is 0 Å². The normalized spacial score (nSPS) is 9.60. The first-order valence-electron chi connectivity index (χ1n) is 4.96. The Kier molecular flexibility index (Phi) is 4.09. The molecule has 0 atom stereocenters. The van der Waals surface area contributed by atoms with Crippen LogP contribution in [0.5, 0.6) is 0 Å². The summed E-state index contributed by atoms with van der Waals surface area (Å²) < 4.78 is 0.927. The fourth-order valence-corrected chi connectivity index (χ4v) is 1.74. The van der Waals surface area contributed by atoms with Crippen molar-refractivity contribution < 1.29 is 0 Å². The summed E-state index contributed by atoms with van der Waals surface area (Å²) in [6.07, 6.45) is 1.73. The number of hydrogen-bond acceptors (Lipinski definition) is 1. The van der Waals surface area contributed by atoms with Crippen LogP contribution in [0.2, 0.25) is 0 Å². The maximum atomic E-state index is 11.4. The number of rotatable bonds is 0. The molecule has 3 heteroatoms. The van der Waals surface area contributed by atoms with E-state index in [0.717, 1.165) is 20.8 Å². The number of hydrogen-bond donors (Lipinski definition) is 1. The predicted molar refractivity (Wildman–Crippen MR) is 68.4 cm³/mol. The Labute approximate surface area is 97.5 Å². The second kappa shape index (κ2) is 5.12. The minimum atomic E-state index is -0.0399. The smallest absolute Gasteiger partial charge is 0.255 e. The molecular formula is C12H14BrNO. The van der Waals surface area contributed by atoms with Crippen molar-refractivity contribution in [3.63, 3.8) is 0 Å². The molecule has 0 saturated carbocycles. The fourth-order valence-electron chi connectivity index (χ4n) is 1.38. The third-order valence-electron chi connectivity index (χ3n) is 2.07. The largest absolute Gasteiger partial charge is 0.328 e. The van der Waals surface area contributed by atoms with Crippen LogP contribution in [-0.4, -0.2) is 4.98 Å². The molecule has 15 heavy (non-hydrogen) atoms. The number of aromatic amines is 1. The van der Waals surface area contributed by atoms with E-state index in [4.69, 9.17) is 0 Å². The van der Waals surface area contributed by atoms with Crippen molar-refractivity contribution in [1.29, 1.82) is 0 Å². The zero-order chi connectivity index (χ0) is 11.4. The highest BCUT2D eigenvalue weighted by molar-refractivity contribution is 9.10. The molecule has 0 aliphatic heterocycles. The quantitative estimate of drug-likeness (QED) is 0.777. The van der Waals surface area contributed by atoms with Crippen LogP contribution >= 0.6 is 15.9 Å². The lowest BCUT2D eigenvalue weighted by Gasteiger charge is -2.00. The zero-order valence-corrected chi connectivity index (χ0v) is 10.7. The molecule has 1 heterocycles. The van der Waals surface area contributed by atoms with Crippen molar-refractivity contribution in [3.05, 3.63) is 44.8 Å². The standard InChI is InChI=1S/C10H8BrNO.C2H6/c1-6-5-12-10(13)9-4-7(11)2-3-8(6)9;1-2/h2-5H,1H3,(H,12,13);1-2H3. The van der Waals surface area contributed by atoms with Crippen molar-refractivity contribution >= 4 is 26.7 Å². The number of pyridine rings is 1. The highest BCUT2D eigenvalue weighted by Crippen LogP contribution is 2.18. The van der Waals surface area contributed by atoms with Crippen molar-refractivity contribution in [2.45, 2.75) is 20.8 Å². The summed E-state index contributed by atoms with van der Waals surface area (Å²) in [6.45, 7) is 5.98. The Morgan fingerprint density at radius 2 is 1.87 bits per heavy atom. The van der Waals surface area contributed by atoms with Gasteiger partial charge in [-0.25, -0.2) is 0 Å². The van der Waals surface area contributed by atoms with Crippen LogP contribution in [0.4, 0.5) is 0 Å². The van der Waals surface area contributed by atoms with E-state index < -0.39 is 0 Å². The highest BCUT2D eigenvalue weighted by Gasteiger charge is 2.00. The molecule has 1 aromatic heterocycles. The maximum Gasteiger partial charge on any atom is 0.255 e. The van der Waals surface area contributed by atoms with Gasteiger partial charge in [-0.05, 0) is 30.0 Å². The molecule has 0 bridgehead atoms. The van der Waals surface area contributed by atoms with Gasteiger partial charge in [-0.1, -0.05) is 35.8 Å². The molecule has 2 rings (SSSR count). The molecule has 80 valence electrons. The first-order chi connectivity index (χ1) is 7.18. The minimum absolute atomic E-state index is 0.0399. The summed E-state index contributed by atoms with van der Waals surface area (Å²) in [5.74, 6) is 0. The van der Waals surface area contributed by atoms with E-state index in [1.54, 1.807) is 6.20 Å². The average molecular weight is 268 g/mol. The summed E-state index contributed by atoms with van der Waals surface area (Å²) in [7, 11) is 0. The van der Waals surface area contributed by atoms with E-state index >= 15 is 0 Å². The molecule has 0 aliphatic rings. The molecule has 1 N–H and O–H groups in total. The summed E-state index contributed by atoms with van der Waals surface area (Å²) >= 11 is 3.34. The van der Waals surface area contributed by atoms with Crippen LogP contribution in [0.3, 0.4) is 0 Å². The topological polar surface area (TPSA) is 32.9 Å². The van der Waals surface area contributed by atoms with Gasteiger partial charge in [-0.3, -0.25) is 4.79 Å². The molecule has 1 aromatic carbocycles. The van der Waals surface area contributed by atoms with E-state index in [9.17, 15) is 4.79 Å². The van der Waals surface area contributed by atoms with Gasteiger partial charge < -0.3 is 4.98 Å². The Hall–Kier alpha value is -1.09. The molecule has 0 saturated heterocycles. The van der Waals surface area contributed by atoms with Gasteiger partial charge in [0.2, 0.25) is 0 Å². The average Bonchev–Trinajstić information content (AvgIpc) is 2.27. The Morgan fingerprint density at radius 3 is 2.53 bits per heavy atom. The Balaban J connectivity index is 0.000000531. The van der Waals surface area contributed by atoms with Gasteiger partial charge in [0.05, 0.1) is 0 Å². The van der Waals surface area contributed by atoms with Gasteiger partial charge >= 0.3 is 0 Å². The van der Waals surface area contributed by atoms with Crippen molar-refractivity contribution in [2.24, 2.45) is 0 Å². The van der Waals surface area contributed by atoms with Crippen LogP contribution in [0, 0.1) is 6.92 Å². The number of H-pyrrole nitrogens is 1. The van der Waals surface area contributed by atoms with Crippen LogP contribution < -0.4 is 5.56 Å². The Bertz CT molecular complexity index is 517. The van der Waals surface area contributed by atoms with Crippen molar-refractivity contribution in [2.75, 3.05) is 0 Å². The molecule has 2 nitrogen and oxygen atoms in total. The third-order valence-corrected chi connectivity index (χ3v) is 2.56. The van der Waals surface area contributed by atoms with E-state index in [1.807, 2.05) is 39.0 Å². The fraction of sp³-hybridized carbons (Fsp3) is 0.250. The summed E-state index contributed by atoms with van der Waals surface area (Å²) in [4.78, 5) is 14.1. The van der Waals surface area contributed by atoms with Gasteiger partial charge in [-0.15, -0.1) is 0 Å². The minimum Gasteiger partial charge on any atom is -0.328 e. The van der Waals surface area contributed by atoms with Gasteiger partial charge in [0, 0.05) is 16.1 Å². The highest BCUT2D eigenvalue weighted by atomic mass is 79.9. The number of aryl methyl sites for hydroxylation is 1. The van der Waals surface area contributed by atoms with E-state index in [0.29, 0.717) is 0 Å². The van der Waals surface area contributed by atoms with Crippen molar-refractivity contribution in [1.82, 2.24) is 4.98 Å². The van der Waals surface area contributed by atoms with Crippen LogP contribution in [-0.2, 0) is 0 Å². The van der Waals surface area contributed by atoms with E-state index in [1.165, 1.54) is 0 Å². The number of fused-ring (bicyclic) bond motifs is 1. The molecular weight excluding hydrogens is 254 g/mol. The number of aromatic nitrogens is 1. The molecule has 0 unspecified atom stereocenters. The lowest BCUT2D eigenvalue weighted by atomic mass is 10.1. The van der Waals surface area contributed by atoms with Crippen LogP contribution in [0.1, 0.15) is 19.4 Å². The molecule has 0 spiro atoms. The van der Waals surface area contributed by atoms with Crippen LogP contribution in [0.25, 0.3) is 10.8 Å². The number of nitrogens with one attached hydrogen (secondary N) is 1. The number of benzene rings is 1. The van der Waals surface area contributed by atoms with Gasteiger partial charge in [-0.2, -0.15) is 0 Å². The number of halogens is 1. The maximum absolute atomic E-state index is 11.4. The molecule has 0 fully saturated rings. The predicted octanol–water partition coefficient (Wildman–Crippen LogP) is 3.63. The monoisotopic (exact) mass is 267 g/mol. The molecule has 2 aromatic rings. The van der Waals surface area contributed by atoms with Crippen LogP contribution in [0.15, 0.2) is 33.7 Å². The van der Waals surface area contributed by atoms with Crippen molar-refractivity contribution in [3.8, 4) is 0 Å². The van der Waals surface area contributed by atoms with E-state index in [2.05, 4.69) is 20.9 Å². The SMILES string of the molecule is CC.Cc1c[nH]c(=O)c2cc(Br)ccc12. The summed E-state index contributed by atoms with van der Waals surface area (Å²) in [6, 6.07) is 5.72. The third kappa shape index (κ3) is 2.48.